The Kier molecular flexibility index (Phi) is 6.47. The number of ether oxygens (including phenoxy) is 2. The normalized spacial score (nSPS) is 10.1. The summed E-state index contributed by atoms with van der Waals surface area (Å²) in [7, 11) is 1.59. The molecule has 0 atom stereocenters. The quantitative estimate of drug-likeness (QED) is 0.659. The highest BCUT2D eigenvalue weighted by Gasteiger charge is 2.12. The fourth-order valence-corrected chi connectivity index (χ4v) is 2.66. The van der Waals surface area contributed by atoms with Gasteiger partial charge in [-0.05, 0) is 24.3 Å². The largest absolute Gasteiger partial charge is 0.497 e. The van der Waals surface area contributed by atoms with Gasteiger partial charge >= 0.3 is 5.97 Å². The second-order valence-corrected chi connectivity index (χ2v) is 5.81. The number of thiazole rings is 1. The number of rotatable bonds is 8. The molecule has 0 saturated heterocycles. The van der Waals surface area contributed by atoms with E-state index in [1.807, 2.05) is 24.3 Å². The first kappa shape index (κ1) is 18.4. The molecular formula is C16H17N3O5S. The maximum atomic E-state index is 11.7. The molecule has 0 aliphatic rings. The van der Waals surface area contributed by atoms with Gasteiger partial charge < -0.3 is 20.5 Å². The second-order valence-electron chi connectivity index (χ2n) is 4.95. The molecule has 1 aromatic heterocycles. The molecule has 2 rings (SSSR count). The Labute approximate surface area is 148 Å². The first-order chi connectivity index (χ1) is 12.0. The molecule has 0 bridgehead atoms. The Morgan fingerprint density at radius 3 is 2.60 bits per heavy atom. The van der Waals surface area contributed by atoms with Gasteiger partial charge in [-0.1, -0.05) is 0 Å². The van der Waals surface area contributed by atoms with Gasteiger partial charge in [-0.3, -0.25) is 14.4 Å². The van der Waals surface area contributed by atoms with Crippen LogP contribution in [0.3, 0.4) is 0 Å². The summed E-state index contributed by atoms with van der Waals surface area (Å²) in [5.74, 6) is -1.10. The van der Waals surface area contributed by atoms with Gasteiger partial charge in [0.2, 0.25) is 5.91 Å². The number of aromatic nitrogens is 1. The zero-order valence-corrected chi connectivity index (χ0v) is 14.3. The average Bonchev–Trinajstić information content (AvgIpc) is 3.06. The molecule has 132 valence electrons. The summed E-state index contributed by atoms with van der Waals surface area (Å²) < 4.78 is 9.93. The number of benzene rings is 1. The van der Waals surface area contributed by atoms with Crippen molar-refractivity contribution in [3.8, 4) is 16.3 Å². The number of carbonyl (C=O) groups is 3. The van der Waals surface area contributed by atoms with Gasteiger partial charge in [0.1, 0.15) is 10.8 Å². The summed E-state index contributed by atoms with van der Waals surface area (Å²) in [6.07, 6.45) is -0.0459. The number of nitrogens with two attached hydrogens (primary N) is 1. The lowest BCUT2D eigenvalue weighted by molar-refractivity contribution is -0.148. The number of hydrogen-bond donors (Lipinski definition) is 2. The van der Waals surface area contributed by atoms with E-state index in [1.54, 1.807) is 12.5 Å². The summed E-state index contributed by atoms with van der Waals surface area (Å²) in [6.45, 7) is -0.769. The minimum absolute atomic E-state index is 0.0459. The fourth-order valence-electron chi connectivity index (χ4n) is 1.84. The van der Waals surface area contributed by atoms with E-state index in [4.69, 9.17) is 15.2 Å². The first-order valence-corrected chi connectivity index (χ1v) is 8.15. The Bertz CT molecular complexity index is 757. The molecule has 1 heterocycles. The van der Waals surface area contributed by atoms with Crippen molar-refractivity contribution in [1.29, 1.82) is 0 Å². The summed E-state index contributed by atoms with van der Waals surface area (Å²) in [4.78, 5) is 38.0. The van der Waals surface area contributed by atoms with Gasteiger partial charge in [-0.2, -0.15) is 0 Å². The van der Waals surface area contributed by atoms with Crippen molar-refractivity contribution in [1.82, 2.24) is 10.3 Å². The highest BCUT2D eigenvalue weighted by Crippen LogP contribution is 2.25. The molecule has 0 saturated carbocycles. The molecule has 8 nitrogen and oxygen atoms in total. The predicted molar refractivity (Wildman–Crippen MR) is 91.0 cm³/mol. The number of methoxy groups -OCH3 is 1. The second kappa shape index (κ2) is 8.78. The Morgan fingerprint density at radius 2 is 1.96 bits per heavy atom. The fraction of sp³-hybridized carbons (Fsp3) is 0.250. The van der Waals surface area contributed by atoms with E-state index in [-0.39, 0.29) is 13.0 Å². The number of nitrogens with one attached hydrogen (secondary N) is 1. The number of hydrogen-bond acceptors (Lipinski definition) is 7. The number of esters is 1. The molecule has 3 N–H and O–H groups in total. The van der Waals surface area contributed by atoms with Crippen LogP contribution < -0.4 is 15.8 Å². The van der Waals surface area contributed by atoms with Crippen LogP contribution in [0.2, 0.25) is 0 Å². The Morgan fingerprint density at radius 1 is 1.24 bits per heavy atom. The van der Waals surface area contributed by atoms with Crippen LogP contribution in [0.25, 0.3) is 10.6 Å². The van der Waals surface area contributed by atoms with Gasteiger partial charge in [-0.25, -0.2) is 4.98 Å². The predicted octanol–water partition coefficient (Wildman–Crippen LogP) is 0.506. The lowest BCUT2D eigenvalue weighted by atomic mass is 10.2. The monoisotopic (exact) mass is 363 g/mol. The highest BCUT2D eigenvalue weighted by atomic mass is 32.1. The Hall–Kier alpha value is -2.94. The van der Waals surface area contributed by atoms with E-state index in [0.717, 1.165) is 16.3 Å². The maximum Gasteiger partial charge on any atom is 0.312 e. The molecule has 0 unspecified atom stereocenters. The number of amides is 2. The standard InChI is InChI=1S/C16H17N3O5S/c1-23-12-4-2-10(3-5-12)16-19-11(9-25-16)6-15(22)24-8-14(21)18-7-13(17)20/h2-5,9H,6-8H2,1H3,(H2,17,20)(H,18,21). The lowest BCUT2D eigenvalue weighted by Gasteiger charge is -2.04. The average molecular weight is 363 g/mol. The van der Waals surface area contributed by atoms with Crippen molar-refractivity contribution in [2.45, 2.75) is 6.42 Å². The topological polar surface area (TPSA) is 121 Å². The third kappa shape index (κ3) is 5.88. The molecule has 0 radical (unpaired) electrons. The van der Waals surface area contributed by atoms with Gasteiger partial charge in [0.15, 0.2) is 6.61 Å². The molecule has 25 heavy (non-hydrogen) atoms. The van der Waals surface area contributed by atoms with Crippen molar-refractivity contribution < 1.29 is 23.9 Å². The molecule has 9 heteroatoms. The van der Waals surface area contributed by atoms with Crippen molar-refractivity contribution in [2.24, 2.45) is 5.73 Å². The van der Waals surface area contributed by atoms with E-state index >= 15 is 0 Å². The number of nitrogens with zero attached hydrogens (tertiary/aromatic N) is 1. The van der Waals surface area contributed by atoms with Crippen LogP contribution in [0.1, 0.15) is 5.69 Å². The number of primary amides is 1. The third-order valence-corrected chi connectivity index (χ3v) is 3.98. The summed E-state index contributed by atoms with van der Waals surface area (Å²) in [5.41, 5.74) is 6.36. The molecule has 0 aliphatic carbocycles. The van der Waals surface area contributed by atoms with Gasteiger partial charge in [0, 0.05) is 10.9 Å². The highest BCUT2D eigenvalue weighted by molar-refractivity contribution is 7.13. The molecule has 0 aliphatic heterocycles. The van der Waals surface area contributed by atoms with Crippen molar-refractivity contribution >= 4 is 29.1 Å². The van der Waals surface area contributed by atoms with Crippen molar-refractivity contribution in [3.63, 3.8) is 0 Å². The van der Waals surface area contributed by atoms with Crippen LogP contribution in [0.4, 0.5) is 0 Å². The summed E-state index contributed by atoms with van der Waals surface area (Å²) in [5, 5.41) is 4.75. The lowest BCUT2D eigenvalue weighted by Crippen LogP contribution is -2.36. The third-order valence-electron chi connectivity index (χ3n) is 3.04. The molecule has 2 aromatic rings. The molecule has 1 aromatic carbocycles. The minimum atomic E-state index is -0.673. The summed E-state index contributed by atoms with van der Waals surface area (Å²) in [6, 6.07) is 7.41. The first-order valence-electron chi connectivity index (χ1n) is 7.27. The summed E-state index contributed by atoms with van der Waals surface area (Å²) >= 11 is 1.40. The SMILES string of the molecule is COc1ccc(-c2nc(CC(=O)OCC(=O)NCC(N)=O)cs2)cc1. The van der Waals surface area contributed by atoms with Crippen LogP contribution in [0.5, 0.6) is 5.75 Å². The Balaban J connectivity index is 1.84. The van der Waals surface area contributed by atoms with E-state index in [1.165, 1.54) is 11.3 Å². The maximum absolute atomic E-state index is 11.7. The van der Waals surface area contributed by atoms with E-state index < -0.39 is 24.4 Å². The molecular weight excluding hydrogens is 346 g/mol. The zero-order valence-electron chi connectivity index (χ0n) is 13.5. The van der Waals surface area contributed by atoms with Crippen LogP contribution in [0, 0.1) is 0 Å². The van der Waals surface area contributed by atoms with E-state index in [9.17, 15) is 14.4 Å². The van der Waals surface area contributed by atoms with Gasteiger partial charge in [0.05, 0.1) is 25.8 Å². The van der Waals surface area contributed by atoms with Gasteiger partial charge in [-0.15, -0.1) is 11.3 Å². The smallest absolute Gasteiger partial charge is 0.312 e. The van der Waals surface area contributed by atoms with Gasteiger partial charge in [0.25, 0.3) is 5.91 Å². The molecule has 0 spiro atoms. The number of carbonyl (C=O) groups excluding carboxylic acids is 3. The zero-order chi connectivity index (χ0) is 18.2. The van der Waals surface area contributed by atoms with Crippen LogP contribution in [-0.4, -0.2) is 43.0 Å². The molecule has 0 fully saturated rings. The van der Waals surface area contributed by atoms with Crippen LogP contribution >= 0.6 is 11.3 Å². The van der Waals surface area contributed by atoms with E-state index in [2.05, 4.69) is 10.3 Å². The van der Waals surface area contributed by atoms with Crippen LogP contribution in [0.15, 0.2) is 29.6 Å². The van der Waals surface area contributed by atoms with Crippen LogP contribution in [-0.2, 0) is 25.5 Å². The van der Waals surface area contributed by atoms with Crippen molar-refractivity contribution in [3.05, 3.63) is 35.3 Å². The van der Waals surface area contributed by atoms with E-state index in [0.29, 0.717) is 5.69 Å². The molecule has 2 amide bonds. The van der Waals surface area contributed by atoms with Crippen molar-refractivity contribution in [2.75, 3.05) is 20.3 Å². The minimum Gasteiger partial charge on any atom is -0.497 e.